The number of Topliss-reactive ketones (excluding diaryl/α,β-unsaturated/α-hetero) is 1. The first kappa shape index (κ1) is 12.2. The van der Waals surface area contributed by atoms with E-state index in [1.54, 1.807) is 18.3 Å². The lowest BCUT2D eigenvalue weighted by atomic mass is 9.84. The van der Waals surface area contributed by atoms with E-state index in [1.807, 2.05) is 17.5 Å². The minimum Gasteiger partial charge on any atom is -0.543 e. The molecule has 0 aromatic carbocycles. The Balaban J connectivity index is 2.03. The molecule has 0 saturated carbocycles. The summed E-state index contributed by atoms with van der Waals surface area (Å²) in [5, 5.41) is 13.0. The van der Waals surface area contributed by atoms with E-state index in [-0.39, 0.29) is 17.4 Å². The van der Waals surface area contributed by atoms with Crippen molar-refractivity contribution in [3.05, 3.63) is 44.9 Å². The molecule has 0 fully saturated rings. The number of fused-ring (bicyclic) bond motifs is 1. The zero-order valence-corrected chi connectivity index (χ0v) is 11.2. The molecular formula is C14H12NO3S-. The summed E-state index contributed by atoms with van der Waals surface area (Å²) in [6.45, 7) is 1.66. The maximum Gasteiger partial charge on any atom is 0.165 e. The monoisotopic (exact) mass is 274 g/mol. The van der Waals surface area contributed by atoms with Crippen molar-refractivity contribution in [2.24, 2.45) is 0 Å². The van der Waals surface area contributed by atoms with E-state index in [0.717, 1.165) is 5.69 Å². The number of H-pyrrole nitrogens is 1. The molecular weight excluding hydrogens is 262 g/mol. The van der Waals surface area contributed by atoms with Crippen LogP contribution < -0.4 is 5.11 Å². The third kappa shape index (κ3) is 1.90. The zero-order chi connectivity index (χ0) is 13.6. The number of aromatic amines is 1. The Hall–Kier alpha value is -1.88. The maximum atomic E-state index is 12.2. The van der Waals surface area contributed by atoms with Gasteiger partial charge >= 0.3 is 0 Å². The molecule has 0 bridgehead atoms. The highest BCUT2D eigenvalue weighted by Gasteiger charge is 2.30. The lowest BCUT2D eigenvalue weighted by Gasteiger charge is -2.20. The third-order valence-corrected chi connectivity index (χ3v) is 4.67. The predicted octanol–water partition coefficient (Wildman–Crippen LogP) is 1.66. The molecule has 0 aliphatic heterocycles. The fraction of sp³-hybridized carbons (Fsp3) is 0.286. The van der Waals surface area contributed by atoms with Crippen molar-refractivity contribution in [2.75, 3.05) is 0 Å². The number of nitrogens with one attached hydrogen (secondary N) is 1. The summed E-state index contributed by atoms with van der Waals surface area (Å²) < 4.78 is 0. The number of carbonyl (C=O) groups is 2. The van der Waals surface area contributed by atoms with E-state index in [4.69, 9.17) is 0 Å². The number of carboxylic acids is 1. The van der Waals surface area contributed by atoms with E-state index in [9.17, 15) is 14.7 Å². The standard InChI is InChI=1S/C14H13NO3S/c1-7-12-9(15-13(7)14(17)18)5-8(6-10(12)16)11-3-2-4-19-11/h2-4,8,15H,5-6H2,1H3,(H,17,18)/p-1/t8-/m1/s1. The Morgan fingerprint density at radius 3 is 2.89 bits per heavy atom. The van der Waals surface area contributed by atoms with Crippen LogP contribution in [0.1, 0.15) is 49.3 Å². The third-order valence-electron chi connectivity index (χ3n) is 3.64. The molecule has 1 aliphatic rings. The van der Waals surface area contributed by atoms with Gasteiger partial charge in [0.1, 0.15) is 0 Å². The van der Waals surface area contributed by atoms with Gasteiger partial charge in [-0.15, -0.1) is 11.3 Å². The molecule has 1 aliphatic carbocycles. The summed E-state index contributed by atoms with van der Waals surface area (Å²) in [5.74, 6) is -1.10. The summed E-state index contributed by atoms with van der Waals surface area (Å²) in [6.07, 6.45) is 1.12. The van der Waals surface area contributed by atoms with Gasteiger partial charge in [-0.3, -0.25) is 4.79 Å². The average molecular weight is 274 g/mol. The molecule has 3 rings (SSSR count). The number of hydrogen-bond acceptors (Lipinski definition) is 4. The molecule has 0 saturated heterocycles. The maximum absolute atomic E-state index is 12.2. The van der Waals surface area contributed by atoms with Crippen molar-refractivity contribution < 1.29 is 14.7 Å². The predicted molar refractivity (Wildman–Crippen MR) is 69.6 cm³/mol. The van der Waals surface area contributed by atoms with Crippen LogP contribution in [0, 0.1) is 6.92 Å². The van der Waals surface area contributed by atoms with Gasteiger partial charge < -0.3 is 14.9 Å². The van der Waals surface area contributed by atoms with Gasteiger partial charge in [0, 0.05) is 28.5 Å². The second kappa shape index (κ2) is 4.35. The van der Waals surface area contributed by atoms with Crippen LogP contribution in [0.4, 0.5) is 0 Å². The van der Waals surface area contributed by atoms with Gasteiger partial charge in [0.2, 0.25) is 0 Å². The highest BCUT2D eigenvalue weighted by molar-refractivity contribution is 7.10. The van der Waals surface area contributed by atoms with Gasteiger partial charge in [0.15, 0.2) is 5.78 Å². The van der Waals surface area contributed by atoms with Gasteiger partial charge in [-0.2, -0.15) is 0 Å². The van der Waals surface area contributed by atoms with Crippen LogP contribution in [0.3, 0.4) is 0 Å². The van der Waals surface area contributed by atoms with Crippen molar-refractivity contribution in [1.82, 2.24) is 4.98 Å². The molecule has 1 atom stereocenters. The SMILES string of the molecule is Cc1c(C(=O)[O-])[nH]c2c1C(=O)C[C@H](c1cccs1)C2. The summed E-state index contributed by atoms with van der Waals surface area (Å²) in [4.78, 5) is 27.2. The molecule has 2 heterocycles. The van der Waals surface area contributed by atoms with Crippen LogP contribution in [0.15, 0.2) is 17.5 Å². The minimum absolute atomic E-state index is 0.0147. The first-order valence-corrected chi connectivity index (χ1v) is 6.95. The fourth-order valence-electron chi connectivity index (χ4n) is 2.76. The largest absolute Gasteiger partial charge is 0.543 e. The molecule has 98 valence electrons. The van der Waals surface area contributed by atoms with E-state index in [0.29, 0.717) is 24.0 Å². The van der Waals surface area contributed by atoms with Crippen molar-refractivity contribution in [3.63, 3.8) is 0 Å². The van der Waals surface area contributed by atoms with Crippen molar-refractivity contribution >= 4 is 23.1 Å². The highest BCUT2D eigenvalue weighted by atomic mass is 32.1. The smallest absolute Gasteiger partial charge is 0.165 e. The second-order valence-corrected chi connectivity index (χ2v) is 5.79. The molecule has 4 nitrogen and oxygen atoms in total. The first-order chi connectivity index (χ1) is 9.08. The molecule has 0 unspecified atom stereocenters. The van der Waals surface area contributed by atoms with E-state index >= 15 is 0 Å². The Kier molecular flexibility index (Phi) is 2.78. The number of aromatic carboxylic acids is 1. The van der Waals surface area contributed by atoms with Crippen molar-refractivity contribution in [3.8, 4) is 0 Å². The number of carbonyl (C=O) groups excluding carboxylic acids is 2. The fourth-order valence-corrected chi connectivity index (χ4v) is 3.59. The lowest BCUT2D eigenvalue weighted by molar-refractivity contribution is -0.255. The molecule has 2 aromatic heterocycles. The summed E-state index contributed by atoms with van der Waals surface area (Å²) in [6, 6.07) is 3.98. The van der Waals surface area contributed by atoms with Gasteiger partial charge in [-0.05, 0) is 30.4 Å². The quantitative estimate of drug-likeness (QED) is 0.905. The Bertz CT molecular complexity index is 655. The van der Waals surface area contributed by atoms with Crippen LogP contribution in [0.5, 0.6) is 0 Å². The number of rotatable bonds is 2. The Morgan fingerprint density at radius 2 is 2.26 bits per heavy atom. The van der Waals surface area contributed by atoms with E-state index in [2.05, 4.69) is 4.98 Å². The topological polar surface area (TPSA) is 73.0 Å². The number of hydrogen-bond donors (Lipinski definition) is 1. The summed E-state index contributed by atoms with van der Waals surface area (Å²) >= 11 is 1.63. The number of ketones is 1. The minimum atomic E-state index is -1.26. The van der Waals surface area contributed by atoms with Crippen LogP contribution in [-0.4, -0.2) is 16.7 Å². The normalized spacial score (nSPS) is 18.4. The molecule has 19 heavy (non-hydrogen) atoms. The second-order valence-electron chi connectivity index (χ2n) is 4.81. The van der Waals surface area contributed by atoms with E-state index < -0.39 is 5.97 Å². The molecule has 5 heteroatoms. The van der Waals surface area contributed by atoms with Crippen molar-refractivity contribution in [2.45, 2.75) is 25.7 Å². The average Bonchev–Trinajstić information content (AvgIpc) is 2.96. The zero-order valence-electron chi connectivity index (χ0n) is 10.4. The van der Waals surface area contributed by atoms with Gasteiger partial charge in [0.05, 0.1) is 11.7 Å². The highest BCUT2D eigenvalue weighted by Crippen LogP contribution is 2.36. The molecule has 0 amide bonds. The number of aromatic nitrogens is 1. The summed E-state index contributed by atoms with van der Waals surface area (Å²) in [5.41, 5.74) is 1.81. The number of carboxylic acid groups (broad SMARTS) is 1. The Labute approximate surface area is 114 Å². The lowest BCUT2D eigenvalue weighted by Crippen LogP contribution is -2.23. The summed E-state index contributed by atoms with van der Waals surface area (Å²) in [7, 11) is 0. The van der Waals surface area contributed by atoms with Gasteiger partial charge in [-0.1, -0.05) is 6.07 Å². The van der Waals surface area contributed by atoms with Gasteiger partial charge in [0.25, 0.3) is 0 Å². The van der Waals surface area contributed by atoms with Crippen LogP contribution >= 0.6 is 11.3 Å². The molecule has 0 radical (unpaired) electrons. The molecule has 0 spiro atoms. The van der Waals surface area contributed by atoms with Crippen LogP contribution in [0.2, 0.25) is 0 Å². The Morgan fingerprint density at radius 1 is 1.47 bits per heavy atom. The van der Waals surface area contributed by atoms with Crippen LogP contribution in [-0.2, 0) is 6.42 Å². The molecule has 1 N–H and O–H groups in total. The van der Waals surface area contributed by atoms with Gasteiger partial charge in [-0.25, -0.2) is 0 Å². The molecule has 2 aromatic rings. The number of thiophene rings is 1. The van der Waals surface area contributed by atoms with Crippen LogP contribution in [0.25, 0.3) is 0 Å². The first-order valence-electron chi connectivity index (χ1n) is 6.07. The van der Waals surface area contributed by atoms with Crippen molar-refractivity contribution in [1.29, 1.82) is 0 Å². The van der Waals surface area contributed by atoms with E-state index in [1.165, 1.54) is 4.88 Å².